The molecule has 0 aliphatic heterocycles. The number of aromatic nitrogens is 2. The van der Waals surface area contributed by atoms with Crippen LogP contribution < -0.4 is 0 Å². The fourth-order valence-corrected chi connectivity index (χ4v) is 1.71. The van der Waals surface area contributed by atoms with Gasteiger partial charge < -0.3 is 4.40 Å². The Labute approximate surface area is 89.9 Å². The zero-order valence-electron chi connectivity index (χ0n) is 7.70. The molecule has 14 heavy (non-hydrogen) atoms. The summed E-state index contributed by atoms with van der Waals surface area (Å²) in [6, 6.07) is 5.71. The first-order valence-corrected chi connectivity index (χ1v) is 5.39. The SMILES string of the molecule is Cc1c(C(=O)CBr)nc2ccccn12. The summed E-state index contributed by atoms with van der Waals surface area (Å²) in [4.78, 5) is 15.7. The van der Waals surface area contributed by atoms with E-state index in [1.807, 2.05) is 35.7 Å². The summed E-state index contributed by atoms with van der Waals surface area (Å²) in [6.45, 7) is 1.90. The molecule has 2 heterocycles. The van der Waals surface area contributed by atoms with E-state index < -0.39 is 0 Å². The van der Waals surface area contributed by atoms with Crippen LogP contribution in [0.15, 0.2) is 24.4 Å². The number of imidazole rings is 1. The maximum absolute atomic E-state index is 11.5. The Morgan fingerprint density at radius 2 is 2.36 bits per heavy atom. The standard InChI is InChI=1S/C10H9BrN2O/c1-7-10(8(14)6-11)12-9-4-2-3-5-13(7)9/h2-5H,6H2,1H3. The van der Waals surface area contributed by atoms with Crippen LogP contribution in [0.5, 0.6) is 0 Å². The van der Waals surface area contributed by atoms with Crippen molar-refractivity contribution in [2.75, 3.05) is 5.33 Å². The van der Waals surface area contributed by atoms with Crippen molar-refractivity contribution in [3.63, 3.8) is 0 Å². The predicted octanol–water partition coefficient (Wildman–Crippen LogP) is 2.22. The summed E-state index contributed by atoms with van der Waals surface area (Å²) in [6.07, 6.45) is 1.91. The lowest BCUT2D eigenvalue weighted by atomic mass is 10.3. The van der Waals surface area contributed by atoms with Crippen LogP contribution in [0, 0.1) is 6.92 Å². The van der Waals surface area contributed by atoms with Gasteiger partial charge in [-0.1, -0.05) is 22.0 Å². The van der Waals surface area contributed by atoms with E-state index in [2.05, 4.69) is 20.9 Å². The van der Waals surface area contributed by atoms with Gasteiger partial charge >= 0.3 is 0 Å². The van der Waals surface area contributed by atoms with E-state index >= 15 is 0 Å². The maximum Gasteiger partial charge on any atom is 0.193 e. The number of carbonyl (C=O) groups is 1. The number of ketones is 1. The van der Waals surface area contributed by atoms with Crippen molar-refractivity contribution in [3.8, 4) is 0 Å². The number of hydrogen-bond acceptors (Lipinski definition) is 2. The van der Waals surface area contributed by atoms with Crippen LogP contribution in [0.4, 0.5) is 0 Å². The highest BCUT2D eigenvalue weighted by molar-refractivity contribution is 9.09. The lowest BCUT2D eigenvalue weighted by molar-refractivity contribution is 0.101. The minimum Gasteiger partial charge on any atom is -0.304 e. The molecular weight excluding hydrogens is 244 g/mol. The van der Waals surface area contributed by atoms with E-state index in [4.69, 9.17) is 0 Å². The lowest BCUT2D eigenvalue weighted by Gasteiger charge is -1.94. The van der Waals surface area contributed by atoms with E-state index in [1.165, 1.54) is 0 Å². The van der Waals surface area contributed by atoms with Gasteiger partial charge in [-0.2, -0.15) is 0 Å². The van der Waals surface area contributed by atoms with Crippen LogP contribution in [0.25, 0.3) is 5.65 Å². The highest BCUT2D eigenvalue weighted by Gasteiger charge is 2.13. The summed E-state index contributed by atoms with van der Waals surface area (Å²) < 4.78 is 1.91. The molecule has 0 fully saturated rings. The topological polar surface area (TPSA) is 34.4 Å². The molecule has 0 atom stereocenters. The average Bonchev–Trinajstić information content (AvgIpc) is 2.56. The first-order chi connectivity index (χ1) is 6.74. The van der Waals surface area contributed by atoms with Crippen molar-refractivity contribution in [3.05, 3.63) is 35.8 Å². The van der Waals surface area contributed by atoms with Crippen LogP contribution in [-0.2, 0) is 0 Å². The second-order valence-corrected chi connectivity index (χ2v) is 3.59. The van der Waals surface area contributed by atoms with Crippen molar-refractivity contribution >= 4 is 27.4 Å². The summed E-state index contributed by atoms with van der Waals surface area (Å²) in [5.41, 5.74) is 2.26. The van der Waals surface area contributed by atoms with Crippen molar-refractivity contribution in [2.24, 2.45) is 0 Å². The second-order valence-electron chi connectivity index (χ2n) is 3.03. The van der Waals surface area contributed by atoms with E-state index in [0.717, 1.165) is 11.3 Å². The number of pyridine rings is 1. The number of halogens is 1. The van der Waals surface area contributed by atoms with Crippen molar-refractivity contribution in [1.82, 2.24) is 9.38 Å². The predicted molar refractivity (Wildman–Crippen MR) is 58.1 cm³/mol. The molecule has 0 unspecified atom stereocenters. The number of alkyl halides is 1. The number of Topliss-reactive ketones (excluding diaryl/α,β-unsaturated/α-hetero) is 1. The third-order valence-corrected chi connectivity index (χ3v) is 2.66. The molecule has 0 spiro atoms. The second kappa shape index (κ2) is 3.53. The largest absolute Gasteiger partial charge is 0.304 e. The van der Waals surface area contributed by atoms with Gasteiger partial charge in [0.25, 0.3) is 0 Å². The van der Waals surface area contributed by atoms with E-state index in [1.54, 1.807) is 0 Å². The van der Waals surface area contributed by atoms with Gasteiger partial charge in [0.2, 0.25) is 0 Å². The first-order valence-electron chi connectivity index (χ1n) is 4.27. The van der Waals surface area contributed by atoms with E-state index in [9.17, 15) is 4.79 Å². The molecular formula is C10H9BrN2O. The number of hydrogen-bond donors (Lipinski definition) is 0. The molecule has 3 nitrogen and oxygen atoms in total. The van der Waals surface area contributed by atoms with Crippen molar-refractivity contribution < 1.29 is 4.79 Å². The number of fused-ring (bicyclic) bond motifs is 1. The third-order valence-electron chi connectivity index (χ3n) is 2.15. The molecule has 0 saturated heterocycles. The van der Waals surface area contributed by atoms with Crippen LogP contribution in [0.3, 0.4) is 0 Å². The summed E-state index contributed by atoms with van der Waals surface area (Å²) in [7, 11) is 0. The third kappa shape index (κ3) is 1.35. The van der Waals surface area contributed by atoms with Crippen molar-refractivity contribution in [2.45, 2.75) is 6.92 Å². The monoisotopic (exact) mass is 252 g/mol. The number of carbonyl (C=O) groups excluding carboxylic acids is 1. The molecule has 2 aromatic rings. The molecule has 0 N–H and O–H groups in total. The molecule has 0 radical (unpaired) electrons. The van der Waals surface area contributed by atoms with Crippen LogP contribution >= 0.6 is 15.9 Å². The molecule has 0 aliphatic rings. The molecule has 0 bridgehead atoms. The van der Waals surface area contributed by atoms with Crippen molar-refractivity contribution in [1.29, 1.82) is 0 Å². The highest BCUT2D eigenvalue weighted by atomic mass is 79.9. The average molecular weight is 253 g/mol. The normalized spacial score (nSPS) is 10.7. The van der Waals surface area contributed by atoms with E-state index in [0.29, 0.717) is 11.0 Å². The van der Waals surface area contributed by atoms with Gasteiger partial charge in [0, 0.05) is 6.20 Å². The van der Waals surface area contributed by atoms with Gasteiger partial charge in [-0.25, -0.2) is 4.98 Å². The molecule has 72 valence electrons. The minimum atomic E-state index is 0.0196. The highest BCUT2D eigenvalue weighted by Crippen LogP contribution is 2.12. The van der Waals surface area contributed by atoms with Gasteiger partial charge in [-0.05, 0) is 19.1 Å². The Hall–Kier alpha value is -1.16. The fourth-order valence-electron chi connectivity index (χ4n) is 1.45. The zero-order valence-corrected chi connectivity index (χ0v) is 9.28. The molecule has 2 aromatic heterocycles. The summed E-state index contributed by atoms with van der Waals surface area (Å²) in [5.74, 6) is 0.0196. The van der Waals surface area contributed by atoms with Crippen LogP contribution in [-0.4, -0.2) is 20.5 Å². The Morgan fingerprint density at radius 3 is 3.00 bits per heavy atom. The van der Waals surface area contributed by atoms with Gasteiger partial charge in [0.15, 0.2) is 5.78 Å². The number of nitrogens with zero attached hydrogens (tertiary/aromatic N) is 2. The Kier molecular flexibility index (Phi) is 2.37. The minimum absolute atomic E-state index is 0.0196. The van der Waals surface area contributed by atoms with Crippen LogP contribution in [0.1, 0.15) is 16.2 Å². The Bertz CT molecular complexity index is 490. The number of rotatable bonds is 2. The quantitative estimate of drug-likeness (QED) is 0.607. The molecule has 4 heteroatoms. The van der Waals surface area contributed by atoms with Crippen LogP contribution in [0.2, 0.25) is 0 Å². The van der Waals surface area contributed by atoms with Gasteiger partial charge in [-0.3, -0.25) is 4.79 Å². The fraction of sp³-hybridized carbons (Fsp3) is 0.200. The number of aryl methyl sites for hydroxylation is 1. The van der Waals surface area contributed by atoms with Gasteiger partial charge in [0.05, 0.1) is 11.0 Å². The van der Waals surface area contributed by atoms with Gasteiger partial charge in [0.1, 0.15) is 11.3 Å². The molecule has 0 saturated carbocycles. The molecule has 0 aliphatic carbocycles. The van der Waals surface area contributed by atoms with E-state index in [-0.39, 0.29) is 5.78 Å². The lowest BCUT2D eigenvalue weighted by Crippen LogP contribution is -2.02. The first kappa shape index (κ1) is 9.40. The molecule has 0 amide bonds. The molecule has 2 rings (SSSR count). The van der Waals surface area contributed by atoms with Gasteiger partial charge in [-0.15, -0.1) is 0 Å². The smallest absolute Gasteiger partial charge is 0.193 e. The Morgan fingerprint density at radius 1 is 1.57 bits per heavy atom. The summed E-state index contributed by atoms with van der Waals surface area (Å²) >= 11 is 3.14. The zero-order chi connectivity index (χ0) is 10.1. The molecule has 0 aromatic carbocycles. The Balaban J connectivity index is 2.68. The summed E-state index contributed by atoms with van der Waals surface area (Å²) in [5, 5.41) is 0.317. The maximum atomic E-state index is 11.5.